The number of aromatic nitrogens is 2. The van der Waals surface area contributed by atoms with E-state index in [1.807, 2.05) is 79.2 Å². The fourth-order valence-corrected chi connectivity index (χ4v) is 4.90. The Bertz CT molecular complexity index is 1450. The molecule has 4 aromatic rings. The first kappa shape index (κ1) is 20.4. The number of benzene rings is 2. The first-order valence-corrected chi connectivity index (χ1v) is 11.3. The summed E-state index contributed by atoms with van der Waals surface area (Å²) in [6.07, 6.45) is 10.3. The van der Waals surface area contributed by atoms with Crippen LogP contribution in [0.1, 0.15) is 17.5 Å². The van der Waals surface area contributed by atoms with Crippen LogP contribution in [-0.2, 0) is 14.3 Å². The van der Waals surface area contributed by atoms with Crippen molar-refractivity contribution in [2.75, 3.05) is 13.7 Å². The molecule has 6 rings (SSSR count). The average Bonchev–Trinajstić information content (AvgIpc) is 3.55. The highest BCUT2D eigenvalue weighted by Crippen LogP contribution is 2.41. The van der Waals surface area contributed by atoms with E-state index in [0.29, 0.717) is 11.1 Å². The van der Waals surface area contributed by atoms with Crippen molar-refractivity contribution in [2.45, 2.75) is 12.5 Å². The summed E-state index contributed by atoms with van der Waals surface area (Å²) < 4.78 is 5.37. The molecule has 6 heteroatoms. The second kappa shape index (κ2) is 8.01. The lowest BCUT2D eigenvalue weighted by atomic mass is 9.95. The van der Waals surface area contributed by atoms with E-state index in [1.54, 1.807) is 7.11 Å². The average molecular weight is 450 g/mol. The topological polar surface area (TPSA) is 78.2 Å². The lowest BCUT2D eigenvalue weighted by Gasteiger charge is -2.19. The molecule has 34 heavy (non-hydrogen) atoms. The number of nitrogens with one attached hydrogen (secondary N) is 2. The van der Waals surface area contributed by atoms with Crippen molar-refractivity contribution in [1.29, 1.82) is 0 Å². The number of aromatic amines is 2. The van der Waals surface area contributed by atoms with Crippen molar-refractivity contribution >= 4 is 44.8 Å². The number of fused-ring (bicyclic) bond motifs is 2. The normalized spacial score (nSPS) is 18.6. The quantitative estimate of drug-likeness (QED) is 0.429. The van der Waals surface area contributed by atoms with E-state index < -0.39 is 0 Å². The third kappa shape index (κ3) is 3.15. The van der Waals surface area contributed by atoms with Gasteiger partial charge in [-0.15, -0.1) is 0 Å². The molecule has 1 unspecified atom stereocenters. The van der Waals surface area contributed by atoms with Gasteiger partial charge in [-0.05, 0) is 24.1 Å². The summed E-state index contributed by atoms with van der Waals surface area (Å²) in [6, 6.07) is 15.6. The van der Waals surface area contributed by atoms with Gasteiger partial charge >= 0.3 is 0 Å². The van der Waals surface area contributed by atoms with Gasteiger partial charge < -0.3 is 14.7 Å². The van der Waals surface area contributed by atoms with E-state index in [9.17, 15) is 9.59 Å². The van der Waals surface area contributed by atoms with E-state index >= 15 is 0 Å². The second-order valence-corrected chi connectivity index (χ2v) is 8.59. The molecule has 168 valence electrons. The van der Waals surface area contributed by atoms with Gasteiger partial charge in [0.2, 0.25) is 0 Å². The van der Waals surface area contributed by atoms with Gasteiger partial charge in [-0.3, -0.25) is 14.5 Å². The maximum atomic E-state index is 13.8. The predicted octanol–water partition coefficient (Wildman–Crippen LogP) is 4.83. The molecule has 2 amide bonds. The number of amides is 2. The number of rotatable bonds is 5. The summed E-state index contributed by atoms with van der Waals surface area (Å²) in [4.78, 5) is 35.5. The molecule has 0 radical (unpaired) electrons. The third-order valence-electron chi connectivity index (χ3n) is 6.67. The minimum atomic E-state index is -0.279. The van der Waals surface area contributed by atoms with Gasteiger partial charge in [0.1, 0.15) is 0 Å². The largest absolute Gasteiger partial charge is 0.377 e. The highest BCUT2D eigenvalue weighted by atomic mass is 16.5. The van der Waals surface area contributed by atoms with Gasteiger partial charge in [0.15, 0.2) is 0 Å². The first-order chi connectivity index (χ1) is 16.7. The lowest BCUT2D eigenvalue weighted by Crippen LogP contribution is -2.33. The molecule has 1 atom stereocenters. The Morgan fingerprint density at radius 1 is 0.882 bits per heavy atom. The summed E-state index contributed by atoms with van der Waals surface area (Å²) in [5.41, 5.74) is 5.11. The van der Waals surface area contributed by atoms with Gasteiger partial charge in [0.05, 0.1) is 23.8 Å². The van der Waals surface area contributed by atoms with E-state index in [1.165, 1.54) is 4.90 Å². The van der Waals surface area contributed by atoms with E-state index in [-0.39, 0.29) is 24.5 Å². The summed E-state index contributed by atoms with van der Waals surface area (Å²) in [5, 5.41) is 1.83. The van der Waals surface area contributed by atoms with Crippen LogP contribution in [0.4, 0.5) is 0 Å². The first-order valence-electron chi connectivity index (χ1n) is 11.3. The number of H-pyrrole nitrogens is 2. The minimum absolute atomic E-state index is 0.0235. The molecule has 2 aromatic carbocycles. The summed E-state index contributed by atoms with van der Waals surface area (Å²) >= 11 is 0. The summed E-state index contributed by atoms with van der Waals surface area (Å²) in [5.74, 6) is -0.559. The molecule has 2 aromatic heterocycles. The van der Waals surface area contributed by atoms with E-state index in [0.717, 1.165) is 44.9 Å². The van der Waals surface area contributed by atoms with Crippen molar-refractivity contribution in [3.8, 4) is 0 Å². The number of ether oxygens (including phenoxy) is 1. The van der Waals surface area contributed by atoms with Gasteiger partial charge in [-0.2, -0.15) is 0 Å². The standard InChI is InChI=1S/C28H23N3O3/c1-34-18-12-10-17(11-13-18)16-31-27(32)25(21-14-29-23-8-4-2-6-19(21)23)26(28(31)33)22-15-30-24-9-5-3-7-20(22)24/h2-12,14-15,18,29-30H,13,16H2,1H3. The number of nitrogens with zero attached hydrogens (tertiary/aromatic N) is 1. The molecule has 1 aliphatic carbocycles. The Labute approximate surface area is 196 Å². The number of hydrogen-bond donors (Lipinski definition) is 2. The molecule has 6 nitrogen and oxygen atoms in total. The maximum Gasteiger partial charge on any atom is 0.262 e. The van der Waals surface area contributed by atoms with Crippen LogP contribution in [0.15, 0.2) is 84.7 Å². The monoisotopic (exact) mass is 449 g/mol. The molecule has 0 bridgehead atoms. The Hall–Kier alpha value is -4.16. The van der Waals surface area contributed by atoms with Crippen molar-refractivity contribution < 1.29 is 14.3 Å². The zero-order chi connectivity index (χ0) is 23.2. The van der Waals surface area contributed by atoms with Gasteiger partial charge in [-0.25, -0.2) is 0 Å². The molecule has 0 spiro atoms. The third-order valence-corrected chi connectivity index (χ3v) is 6.67. The van der Waals surface area contributed by atoms with Crippen LogP contribution in [0.25, 0.3) is 33.0 Å². The van der Waals surface area contributed by atoms with Gasteiger partial charge in [0, 0.05) is 52.4 Å². The Morgan fingerprint density at radius 3 is 1.94 bits per heavy atom. The molecule has 0 saturated carbocycles. The Morgan fingerprint density at radius 2 is 1.44 bits per heavy atom. The molecule has 2 aliphatic rings. The van der Waals surface area contributed by atoms with Crippen molar-refractivity contribution in [3.05, 3.63) is 95.9 Å². The predicted molar refractivity (Wildman–Crippen MR) is 133 cm³/mol. The van der Waals surface area contributed by atoms with E-state index in [4.69, 9.17) is 4.74 Å². The lowest BCUT2D eigenvalue weighted by molar-refractivity contribution is -0.135. The minimum Gasteiger partial charge on any atom is -0.377 e. The number of imide groups is 1. The van der Waals surface area contributed by atoms with Crippen LogP contribution >= 0.6 is 0 Å². The van der Waals surface area contributed by atoms with E-state index in [2.05, 4.69) is 9.97 Å². The van der Waals surface area contributed by atoms with Gasteiger partial charge in [0.25, 0.3) is 11.8 Å². The molecule has 0 saturated heterocycles. The smallest absolute Gasteiger partial charge is 0.262 e. The molecule has 0 fully saturated rings. The Kier molecular flexibility index (Phi) is 4.81. The van der Waals surface area contributed by atoms with Crippen molar-refractivity contribution in [1.82, 2.24) is 14.9 Å². The van der Waals surface area contributed by atoms with Crippen molar-refractivity contribution in [2.24, 2.45) is 0 Å². The van der Waals surface area contributed by atoms with Crippen molar-refractivity contribution in [3.63, 3.8) is 0 Å². The van der Waals surface area contributed by atoms with Crippen LogP contribution < -0.4 is 0 Å². The summed E-state index contributed by atoms with van der Waals surface area (Å²) in [7, 11) is 1.67. The molecular formula is C28H23N3O3. The number of hydrogen-bond acceptors (Lipinski definition) is 3. The van der Waals surface area contributed by atoms with Crippen LogP contribution in [0.3, 0.4) is 0 Å². The zero-order valence-electron chi connectivity index (χ0n) is 18.7. The number of methoxy groups -OCH3 is 1. The Balaban J connectivity index is 1.49. The van der Waals surface area contributed by atoms with Crippen LogP contribution in [-0.4, -0.2) is 46.4 Å². The zero-order valence-corrected chi connectivity index (χ0v) is 18.7. The molecule has 3 heterocycles. The highest BCUT2D eigenvalue weighted by Gasteiger charge is 2.41. The fraction of sp³-hybridized carbons (Fsp3) is 0.143. The molecule has 1 aliphatic heterocycles. The molecule has 2 N–H and O–H groups in total. The van der Waals surface area contributed by atoms with Crippen LogP contribution in [0.2, 0.25) is 0 Å². The SMILES string of the molecule is COC1C=CC(CN2C(=O)C(c3c[nH]c4ccccc34)=C(c3c[nH]c4ccccc34)C2=O)=CC1. The number of carbonyl (C=O) groups excluding carboxylic acids is 2. The maximum absolute atomic E-state index is 13.8. The summed E-state index contributed by atoms with van der Waals surface area (Å²) in [6.45, 7) is 0.225. The van der Waals surface area contributed by atoms with Crippen LogP contribution in [0, 0.1) is 0 Å². The molecular weight excluding hydrogens is 426 g/mol. The van der Waals surface area contributed by atoms with Crippen LogP contribution in [0.5, 0.6) is 0 Å². The van der Waals surface area contributed by atoms with Gasteiger partial charge in [-0.1, -0.05) is 54.6 Å². The number of carbonyl (C=O) groups is 2. The highest BCUT2D eigenvalue weighted by molar-refractivity contribution is 6.50. The second-order valence-electron chi connectivity index (χ2n) is 8.59. The number of para-hydroxylation sites is 2. The fourth-order valence-electron chi connectivity index (χ4n) is 4.90.